The second-order valence-electron chi connectivity index (χ2n) is 10.4. The van der Waals surface area contributed by atoms with E-state index in [0.717, 1.165) is 5.57 Å². The van der Waals surface area contributed by atoms with Crippen molar-refractivity contribution in [3.8, 4) is 44.5 Å². The topological polar surface area (TPSA) is 0 Å². The van der Waals surface area contributed by atoms with Crippen molar-refractivity contribution in [3.05, 3.63) is 152 Å². The molecule has 0 saturated carbocycles. The van der Waals surface area contributed by atoms with Crippen LogP contribution in [0.25, 0.3) is 70.3 Å². The van der Waals surface area contributed by atoms with E-state index in [4.69, 9.17) is 0 Å². The first-order valence-electron chi connectivity index (χ1n) is 13.6. The predicted molar refractivity (Wildman–Crippen MR) is 176 cm³/mol. The smallest absolute Gasteiger partial charge is 0.0355 e. The van der Waals surface area contributed by atoms with Crippen molar-refractivity contribution in [2.75, 3.05) is 0 Å². The van der Waals surface area contributed by atoms with Gasteiger partial charge in [0.1, 0.15) is 0 Å². The van der Waals surface area contributed by atoms with Crippen LogP contribution in [0.2, 0.25) is 0 Å². The first-order valence-corrected chi connectivity index (χ1v) is 14.4. The molecular formula is C39H28S. The summed E-state index contributed by atoms with van der Waals surface area (Å²) in [5, 5.41) is 2.68. The van der Waals surface area contributed by atoms with Crippen molar-refractivity contribution >= 4 is 37.1 Å². The molecule has 6 aromatic carbocycles. The first-order chi connectivity index (χ1) is 19.6. The van der Waals surface area contributed by atoms with Gasteiger partial charge in [-0.3, -0.25) is 0 Å². The molecule has 7 rings (SSSR count). The highest BCUT2D eigenvalue weighted by Crippen LogP contribution is 2.37. The van der Waals surface area contributed by atoms with Gasteiger partial charge in [-0.15, -0.1) is 11.3 Å². The minimum absolute atomic E-state index is 1.09. The third-order valence-corrected chi connectivity index (χ3v) is 8.87. The van der Waals surface area contributed by atoms with Gasteiger partial charge in [0.15, 0.2) is 0 Å². The summed E-state index contributed by atoms with van der Waals surface area (Å²) < 4.78 is 2.68. The average molecular weight is 529 g/mol. The van der Waals surface area contributed by atoms with E-state index in [9.17, 15) is 0 Å². The largest absolute Gasteiger partial charge is 0.135 e. The molecule has 40 heavy (non-hydrogen) atoms. The van der Waals surface area contributed by atoms with Gasteiger partial charge in [-0.25, -0.2) is 0 Å². The first kappa shape index (κ1) is 24.3. The summed E-state index contributed by atoms with van der Waals surface area (Å²) in [5.74, 6) is 0. The molecule has 0 saturated heterocycles. The van der Waals surface area contributed by atoms with Crippen molar-refractivity contribution in [3.63, 3.8) is 0 Å². The molecule has 0 radical (unpaired) electrons. The van der Waals surface area contributed by atoms with E-state index >= 15 is 0 Å². The average Bonchev–Trinajstić information content (AvgIpc) is 3.39. The Bertz CT molecular complexity index is 1990. The molecule has 0 unspecified atom stereocenters. The third-order valence-electron chi connectivity index (χ3n) is 7.72. The molecule has 1 heteroatoms. The van der Waals surface area contributed by atoms with Crippen LogP contribution >= 0.6 is 11.3 Å². The number of thiophene rings is 1. The molecule has 1 aromatic heterocycles. The van der Waals surface area contributed by atoms with Crippen molar-refractivity contribution in [2.45, 2.75) is 6.92 Å². The van der Waals surface area contributed by atoms with Crippen LogP contribution in [0, 0.1) is 0 Å². The maximum atomic E-state index is 4.04. The molecule has 0 spiro atoms. The van der Waals surface area contributed by atoms with E-state index in [1.165, 1.54) is 70.2 Å². The maximum Gasteiger partial charge on any atom is 0.0355 e. The second kappa shape index (κ2) is 10.1. The highest BCUT2D eigenvalue weighted by atomic mass is 32.1. The van der Waals surface area contributed by atoms with Gasteiger partial charge in [-0.2, -0.15) is 0 Å². The quantitative estimate of drug-likeness (QED) is 0.208. The van der Waals surface area contributed by atoms with Gasteiger partial charge >= 0.3 is 0 Å². The Balaban J connectivity index is 1.14. The molecule has 0 fully saturated rings. The van der Waals surface area contributed by atoms with Gasteiger partial charge in [-0.1, -0.05) is 127 Å². The predicted octanol–water partition coefficient (Wildman–Crippen LogP) is 11.8. The van der Waals surface area contributed by atoms with Crippen LogP contribution in [0.15, 0.2) is 146 Å². The molecule has 0 aliphatic heterocycles. The minimum Gasteiger partial charge on any atom is -0.135 e. The Morgan fingerprint density at radius 2 is 0.875 bits per heavy atom. The van der Waals surface area contributed by atoms with Crippen molar-refractivity contribution in [1.82, 2.24) is 0 Å². The normalized spacial score (nSPS) is 11.2. The summed E-state index contributed by atoms with van der Waals surface area (Å²) in [5.41, 5.74) is 12.1. The maximum absolute atomic E-state index is 4.04. The van der Waals surface area contributed by atoms with Crippen LogP contribution in [0.3, 0.4) is 0 Å². The van der Waals surface area contributed by atoms with E-state index in [-0.39, 0.29) is 0 Å². The number of fused-ring (bicyclic) bond motifs is 3. The molecule has 0 amide bonds. The molecule has 0 atom stereocenters. The number of hydrogen-bond donors (Lipinski definition) is 0. The lowest BCUT2D eigenvalue weighted by Gasteiger charge is -2.09. The highest BCUT2D eigenvalue weighted by molar-refractivity contribution is 7.25. The zero-order valence-corrected chi connectivity index (χ0v) is 23.2. The second-order valence-corrected chi connectivity index (χ2v) is 11.5. The fourth-order valence-electron chi connectivity index (χ4n) is 5.44. The Morgan fingerprint density at radius 1 is 0.425 bits per heavy atom. The van der Waals surface area contributed by atoms with E-state index in [1.807, 2.05) is 18.3 Å². The SMILES string of the molecule is C=C(C)c1ccc(-c2ccc(-c3cccc(-c4ccc(-c5ccc6sc7ccccc7c6c5)cc4)c3)cc2)cc1. The molecule has 190 valence electrons. The molecule has 0 aliphatic carbocycles. The van der Waals surface area contributed by atoms with Crippen molar-refractivity contribution in [1.29, 1.82) is 0 Å². The van der Waals surface area contributed by atoms with E-state index in [1.54, 1.807) is 0 Å². The lowest BCUT2D eigenvalue weighted by molar-refractivity contribution is 1.55. The number of rotatable bonds is 5. The summed E-state index contributed by atoms with van der Waals surface area (Å²) in [6.07, 6.45) is 0. The van der Waals surface area contributed by atoms with Gasteiger partial charge in [0, 0.05) is 20.2 Å². The Hall–Kier alpha value is -4.72. The van der Waals surface area contributed by atoms with Gasteiger partial charge < -0.3 is 0 Å². The zero-order chi connectivity index (χ0) is 27.1. The van der Waals surface area contributed by atoms with Gasteiger partial charge in [0.2, 0.25) is 0 Å². The molecular weight excluding hydrogens is 500 g/mol. The van der Waals surface area contributed by atoms with Gasteiger partial charge in [-0.05, 0) is 81.3 Å². The number of benzene rings is 6. The highest BCUT2D eigenvalue weighted by Gasteiger charge is 2.08. The summed E-state index contributed by atoms with van der Waals surface area (Å²) >= 11 is 1.86. The molecule has 7 aromatic rings. The van der Waals surface area contributed by atoms with Crippen molar-refractivity contribution < 1.29 is 0 Å². The summed E-state index contributed by atoms with van der Waals surface area (Å²) in [4.78, 5) is 0. The van der Waals surface area contributed by atoms with E-state index < -0.39 is 0 Å². The van der Waals surface area contributed by atoms with Gasteiger partial charge in [0.25, 0.3) is 0 Å². The van der Waals surface area contributed by atoms with Crippen LogP contribution in [0.1, 0.15) is 12.5 Å². The minimum atomic E-state index is 1.09. The van der Waals surface area contributed by atoms with Crippen LogP contribution in [-0.4, -0.2) is 0 Å². The Morgan fingerprint density at radius 3 is 1.45 bits per heavy atom. The fourth-order valence-corrected chi connectivity index (χ4v) is 6.53. The van der Waals surface area contributed by atoms with E-state index in [0.29, 0.717) is 0 Å². The molecule has 1 heterocycles. The summed E-state index contributed by atoms with van der Waals surface area (Å²) in [6, 6.07) is 50.8. The fraction of sp³-hybridized carbons (Fsp3) is 0.0256. The summed E-state index contributed by atoms with van der Waals surface area (Å²) in [7, 11) is 0. The molecule has 0 aliphatic rings. The zero-order valence-electron chi connectivity index (χ0n) is 22.4. The monoisotopic (exact) mass is 528 g/mol. The van der Waals surface area contributed by atoms with Crippen LogP contribution in [0.4, 0.5) is 0 Å². The third kappa shape index (κ3) is 4.55. The lowest BCUT2D eigenvalue weighted by Crippen LogP contribution is -1.84. The van der Waals surface area contributed by atoms with Gasteiger partial charge in [0.05, 0.1) is 0 Å². The standard InChI is InChI=1S/C39H28S/c1-26(2)27-10-12-28(13-11-27)29-14-16-30(17-15-29)33-6-5-7-34(24-33)31-18-20-32(21-19-31)35-22-23-39-37(25-35)36-8-3-4-9-38(36)40-39/h3-25H,1H2,2H3. The summed E-state index contributed by atoms with van der Waals surface area (Å²) in [6.45, 7) is 6.08. The Kier molecular flexibility index (Phi) is 6.15. The number of allylic oxidation sites excluding steroid dienone is 1. The lowest BCUT2D eigenvalue weighted by atomic mass is 9.95. The van der Waals surface area contributed by atoms with Crippen molar-refractivity contribution in [2.24, 2.45) is 0 Å². The molecule has 0 nitrogen and oxygen atoms in total. The van der Waals surface area contributed by atoms with Crippen LogP contribution in [0.5, 0.6) is 0 Å². The van der Waals surface area contributed by atoms with E-state index in [2.05, 4.69) is 146 Å². The Labute approximate surface area is 239 Å². The van der Waals surface area contributed by atoms with Crippen LogP contribution < -0.4 is 0 Å². The molecule has 0 bridgehead atoms. The number of hydrogen-bond acceptors (Lipinski definition) is 1. The molecule has 0 N–H and O–H groups in total. The van der Waals surface area contributed by atoms with Crippen LogP contribution in [-0.2, 0) is 0 Å².